The van der Waals surface area contributed by atoms with Crippen molar-refractivity contribution in [3.8, 4) is 6.07 Å². The highest BCUT2D eigenvalue weighted by Crippen LogP contribution is 2.20. The predicted molar refractivity (Wildman–Crippen MR) is 76.1 cm³/mol. The molecule has 0 saturated heterocycles. The SMILES string of the molecule is Cc1cc(NC(=O)OCc2ccccc2)c(C#N)cc1F. The maximum absolute atomic E-state index is 13.4. The van der Waals surface area contributed by atoms with Crippen molar-refractivity contribution in [2.75, 3.05) is 5.32 Å². The van der Waals surface area contributed by atoms with E-state index in [0.29, 0.717) is 5.56 Å². The van der Waals surface area contributed by atoms with Gasteiger partial charge in [-0.1, -0.05) is 30.3 Å². The zero-order chi connectivity index (χ0) is 15.2. The molecule has 2 aromatic rings. The number of nitrogens with zero attached hydrogens (tertiary/aromatic N) is 1. The molecule has 0 fully saturated rings. The first kappa shape index (κ1) is 14.5. The molecule has 0 aliphatic rings. The lowest BCUT2D eigenvalue weighted by atomic mass is 10.1. The van der Waals surface area contributed by atoms with Crippen LogP contribution in [0.2, 0.25) is 0 Å². The zero-order valence-electron chi connectivity index (χ0n) is 11.4. The number of benzene rings is 2. The van der Waals surface area contributed by atoms with Crippen LogP contribution in [-0.4, -0.2) is 6.09 Å². The van der Waals surface area contributed by atoms with Crippen LogP contribution in [0.4, 0.5) is 14.9 Å². The van der Waals surface area contributed by atoms with E-state index in [1.807, 2.05) is 36.4 Å². The maximum Gasteiger partial charge on any atom is 0.411 e. The molecule has 1 N–H and O–H groups in total. The van der Waals surface area contributed by atoms with Crippen LogP contribution in [0, 0.1) is 24.1 Å². The van der Waals surface area contributed by atoms with Crippen LogP contribution < -0.4 is 5.32 Å². The first-order valence-electron chi connectivity index (χ1n) is 6.28. The standard InChI is InChI=1S/C16H13FN2O2/c1-11-7-15(13(9-18)8-14(11)17)19-16(20)21-10-12-5-3-2-4-6-12/h2-8H,10H2,1H3,(H,19,20). The minimum Gasteiger partial charge on any atom is -0.444 e. The average molecular weight is 284 g/mol. The van der Waals surface area contributed by atoms with Crippen LogP contribution in [-0.2, 0) is 11.3 Å². The third-order valence-electron chi connectivity index (χ3n) is 2.87. The number of amides is 1. The summed E-state index contributed by atoms with van der Waals surface area (Å²) in [6, 6.07) is 13.5. The number of hydrogen-bond donors (Lipinski definition) is 1. The van der Waals surface area contributed by atoms with E-state index in [4.69, 9.17) is 10.00 Å². The summed E-state index contributed by atoms with van der Waals surface area (Å²) in [5, 5.41) is 11.4. The molecule has 0 aliphatic heterocycles. The number of hydrogen-bond acceptors (Lipinski definition) is 3. The maximum atomic E-state index is 13.4. The van der Waals surface area contributed by atoms with E-state index >= 15 is 0 Å². The number of carbonyl (C=O) groups is 1. The minimum absolute atomic E-state index is 0.0507. The summed E-state index contributed by atoms with van der Waals surface area (Å²) in [6.45, 7) is 1.67. The van der Waals surface area contributed by atoms with Crippen LogP contribution in [0.3, 0.4) is 0 Å². The molecule has 2 rings (SSSR count). The first-order valence-corrected chi connectivity index (χ1v) is 6.28. The van der Waals surface area contributed by atoms with Crippen molar-refractivity contribution in [2.24, 2.45) is 0 Å². The topological polar surface area (TPSA) is 62.1 Å². The summed E-state index contributed by atoms with van der Waals surface area (Å²) in [5.41, 5.74) is 1.47. The van der Waals surface area contributed by atoms with Gasteiger partial charge in [-0.25, -0.2) is 9.18 Å². The van der Waals surface area contributed by atoms with Gasteiger partial charge in [0.2, 0.25) is 0 Å². The zero-order valence-corrected chi connectivity index (χ0v) is 11.4. The molecule has 106 valence electrons. The molecule has 21 heavy (non-hydrogen) atoms. The van der Waals surface area contributed by atoms with Gasteiger partial charge in [0.15, 0.2) is 0 Å². The lowest BCUT2D eigenvalue weighted by Crippen LogP contribution is -2.14. The molecule has 1 amide bonds. The van der Waals surface area contributed by atoms with Crippen LogP contribution in [0.15, 0.2) is 42.5 Å². The highest BCUT2D eigenvalue weighted by molar-refractivity contribution is 5.86. The molecule has 0 spiro atoms. The van der Waals surface area contributed by atoms with E-state index in [1.165, 1.54) is 6.07 Å². The van der Waals surface area contributed by atoms with E-state index in [9.17, 15) is 9.18 Å². The van der Waals surface area contributed by atoms with Crippen molar-refractivity contribution >= 4 is 11.8 Å². The quantitative estimate of drug-likeness (QED) is 0.933. The fraction of sp³-hybridized carbons (Fsp3) is 0.125. The summed E-state index contributed by atoms with van der Waals surface area (Å²) < 4.78 is 18.4. The molecule has 2 aromatic carbocycles. The third-order valence-corrected chi connectivity index (χ3v) is 2.87. The third kappa shape index (κ3) is 3.80. The highest BCUT2D eigenvalue weighted by Gasteiger charge is 2.11. The first-order chi connectivity index (χ1) is 10.1. The smallest absolute Gasteiger partial charge is 0.411 e. The molecule has 0 unspecified atom stereocenters. The second-order valence-electron chi connectivity index (χ2n) is 4.45. The predicted octanol–water partition coefficient (Wildman–Crippen LogP) is 3.75. The molecule has 0 bridgehead atoms. The minimum atomic E-state index is -0.693. The number of rotatable bonds is 3. The molecular formula is C16H13FN2O2. The van der Waals surface area contributed by atoms with E-state index in [-0.39, 0.29) is 17.9 Å². The molecule has 0 radical (unpaired) electrons. The van der Waals surface area contributed by atoms with Crippen molar-refractivity contribution in [2.45, 2.75) is 13.5 Å². The summed E-state index contributed by atoms with van der Waals surface area (Å²) in [4.78, 5) is 11.7. The van der Waals surface area contributed by atoms with Gasteiger partial charge < -0.3 is 4.74 Å². The van der Waals surface area contributed by atoms with Crippen LogP contribution in [0.25, 0.3) is 0 Å². The Bertz CT molecular complexity index is 693. The van der Waals surface area contributed by atoms with Crippen LogP contribution >= 0.6 is 0 Å². The fourth-order valence-electron chi connectivity index (χ4n) is 1.75. The molecule has 0 saturated carbocycles. The number of aryl methyl sites for hydroxylation is 1. The number of ether oxygens (including phenoxy) is 1. The van der Waals surface area contributed by atoms with Gasteiger partial charge in [0.25, 0.3) is 0 Å². The fourth-order valence-corrected chi connectivity index (χ4v) is 1.75. The molecule has 0 aromatic heterocycles. The molecular weight excluding hydrogens is 271 g/mol. The Kier molecular flexibility index (Phi) is 4.52. The van der Waals surface area contributed by atoms with Crippen LogP contribution in [0.5, 0.6) is 0 Å². The van der Waals surface area contributed by atoms with Gasteiger partial charge in [-0.15, -0.1) is 0 Å². The molecule has 0 atom stereocenters. The average Bonchev–Trinajstić information content (AvgIpc) is 2.49. The lowest BCUT2D eigenvalue weighted by Gasteiger charge is -2.09. The Balaban J connectivity index is 2.03. The van der Waals surface area contributed by atoms with Crippen molar-refractivity contribution < 1.29 is 13.9 Å². The van der Waals surface area contributed by atoms with Crippen molar-refractivity contribution in [1.82, 2.24) is 0 Å². The Hall–Kier alpha value is -2.87. The van der Waals surface area contributed by atoms with E-state index in [2.05, 4.69) is 5.32 Å². The Labute approximate surface area is 121 Å². The van der Waals surface area contributed by atoms with Gasteiger partial charge in [0.1, 0.15) is 18.5 Å². The number of nitrogens with one attached hydrogen (secondary N) is 1. The number of anilines is 1. The van der Waals surface area contributed by atoms with E-state index < -0.39 is 11.9 Å². The van der Waals surface area contributed by atoms with Crippen molar-refractivity contribution in [3.63, 3.8) is 0 Å². The lowest BCUT2D eigenvalue weighted by molar-refractivity contribution is 0.155. The summed E-state index contributed by atoms with van der Waals surface area (Å²) >= 11 is 0. The number of carbonyl (C=O) groups excluding carboxylic acids is 1. The number of halogens is 1. The van der Waals surface area contributed by atoms with Crippen LogP contribution in [0.1, 0.15) is 16.7 Å². The molecule has 4 nitrogen and oxygen atoms in total. The molecule has 5 heteroatoms. The van der Waals surface area contributed by atoms with Gasteiger partial charge >= 0.3 is 6.09 Å². The summed E-state index contributed by atoms with van der Waals surface area (Å²) in [6.07, 6.45) is -0.693. The monoisotopic (exact) mass is 284 g/mol. The summed E-state index contributed by atoms with van der Waals surface area (Å²) in [5.74, 6) is -0.491. The van der Waals surface area contributed by atoms with E-state index in [1.54, 1.807) is 6.92 Å². The van der Waals surface area contributed by atoms with Gasteiger partial charge in [-0.3, -0.25) is 5.32 Å². The Morgan fingerprint density at radius 1 is 1.33 bits per heavy atom. The van der Waals surface area contributed by atoms with Gasteiger partial charge in [-0.05, 0) is 30.2 Å². The largest absolute Gasteiger partial charge is 0.444 e. The van der Waals surface area contributed by atoms with E-state index in [0.717, 1.165) is 11.6 Å². The molecule has 0 heterocycles. The number of nitriles is 1. The second-order valence-corrected chi connectivity index (χ2v) is 4.45. The van der Waals surface area contributed by atoms with Gasteiger partial charge in [0, 0.05) is 0 Å². The Morgan fingerprint density at radius 3 is 2.71 bits per heavy atom. The summed E-state index contributed by atoms with van der Waals surface area (Å²) in [7, 11) is 0. The van der Waals surface area contributed by atoms with Crippen molar-refractivity contribution in [3.05, 3.63) is 65.0 Å². The van der Waals surface area contributed by atoms with Gasteiger partial charge in [0.05, 0.1) is 11.3 Å². The van der Waals surface area contributed by atoms with Gasteiger partial charge in [-0.2, -0.15) is 5.26 Å². The van der Waals surface area contributed by atoms with Crippen molar-refractivity contribution in [1.29, 1.82) is 5.26 Å². The molecule has 0 aliphatic carbocycles. The normalized spacial score (nSPS) is 9.76. The second kappa shape index (κ2) is 6.53. The Morgan fingerprint density at radius 2 is 2.05 bits per heavy atom. The highest BCUT2D eigenvalue weighted by atomic mass is 19.1.